The van der Waals surface area contributed by atoms with E-state index in [1.54, 1.807) is 18.2 Å². The smallest absolute Gasteiger partial charge is 0.315 e. The molecule has 0 spiro atoms. The first-order valence-electron chi connectivity index (χ1n) is 5.58. The number of hydrogen-bond donors (Lipinski definition) is 3. The van der Waals surface area contributed by atoms with E-state index in [1.807, 2.05) is 13.8 Å². The third kappa shape index (κ3) is 4.37. The van der Waals surface area contributed by atoms with Crippen LogP contribution in [0, 0.1) is 0 Å². The number of amides is 2. The highest BCUT2D eigenvalue weighted by Gasteiger charge is 2.16. The fourth-order valence-electron chi connectivity index (χ4n) is 1.43. The first-order chi connectivity index (χ1) is 8.41. The summed E-state index contributed by atoms with van der Waals surface area (Å²) >= 11 is 11.9. The minimum Gasteiger partial charge on any atom is -0.386 e. The minimum atomic E-state index is -0.941. The van der Waals surface area contributed by atoms with Crippen molar-refractivity contribution in [3.05, 3.63) is 33.8 Å². The molecule has 4 nitrogen and oxygen atoms in total. The highest BCUT2D eigenvalue weighted by molar-refractivity contribution is 6.36. The summed E-state index contributed by atoms with van der Waals surface area (Å²) in [6, 6.07) is 4.67. The van der Waals surface area contributed by atoms with Crippen molar-refractivity contribution < 1.29 is 9.90 Å². The zero-order chi connectivity index (χ0) is 13.7. The van der Waals surface area contributed by atoms with Crippen molar-refractivity contribution >= 4 is 29.2 Å². The van der Waals surface area contributed by atoms with E-state index in [0.717, 1.165) is 0 Å². The number of carbonyl (C=O) groups is 1. The van der Waals surface area contributed by atoms with Gasteiger partial charge in [0.2, 0.25) is 0 Å². The predicted molar refractivity (Wildman–Crippen MR) is 73.1 cm³/mol. The summed E-state index contributed by atoms with van der Waals surface area (Å²) in [5, 5.41) is 15.9. The summed E-state index contributed by atoms with van der Waals surface area (Å²) in [7, 11) is 0. The van der Waals surface area contributed by atoms with Gasteiger partial charge in [0.1, 0.15) is 0 Å². The van der Waals surface area contributed by atoms with Crippen LogP contribution >= 0.6 is 23.2 Å². The molecule has 3 N–H and O–H groups in total. The van der Waals surface area contributed by atoms with Gasteiger partial charge in [-0.3, -0.25) is 0 Å². The fourth-order valence-corrected chi connectivity index (χ4v) is 2.08. The average Bonchev–Trinajstić information content (AvgIpc) is 2.25. The standard InChI is InChI=1S/C12H16Cl2N2O2/c1-7(2)16-12(18)15-6-10(17)11-8(13)4-3-5-9(11)14/h3-5,7,10,17H,6H2,1-2H3,(H2,15,16,18). The van der Waals surface area contributed by atoms with Crippen LogP contribution in [0.4, 0.5) is 4.79 Å². The number of halogens is 2. The van der Waals surface area contributed by atoms with E-state index in [2.05, 4.69) is 10.6 Å². The van der Waals surface area contributed by atoms with Gasteiger partial charge in [-0.1, -0.05) is 29.3 Å². The molecule has 1 rings (SSSR count). The lowest BCUT2D eigenvalue weighted by Crippen LogP contribution is -2.41. The van der Waals surface area contributed by atoms with Crippen LogP contribution in [-0.4, -0.2) is 23.7 Å². The Kier molecular flexibility index (Phi) is 5.72. The molecule has 0 heterocycles. The molecule has 1 aromatic rings. The SMILES string of the molecule is CC(C)NC(=O)NCC(O)c1c(Cl)cccc1Cl. The van der Waals surface area contributed by atoms with Gasteiger partial charge in [0.05, 0.1) is 6.10 Å². The topological polar surface area (TPSA) is 61.4 Å². The van der Waals surface area contributed by atoms with Crippen LogP contribution in [0.3, 0.4) is 0 Å². The third-order valence-corrected chi connectivity index (χ3v) is 2.87. The summed E-state index contributed by atoms with van der Waals surface area (Å²) in [5.41, 5.74) is 0.422. The zero-order valence-corrected chi connectivity index (χ0v) is 11.7. The van der Waals surface area contributed by atoms with Crippen molar-refractivity contribution in [3.8, 4) is 0 Å². The van der Waals surface area contributed by atoms with Gasteiger partial charge in [-0.2, -0.15) is 0 Å². The van der Waals surface area contributed by atoms with Gasteiger partial charge in [-0.05, 0) is 26.0 Å². The van der Waals surface area contributed by atoms with E-state index < -0.39 is 6.10 Å². The lowest BCUT2D eigenvalue weighted by molar-refractivity contribution is 0.173. The molecule has 1 atom stereocenters. The molecular weight excluding hydrogens is 275 g/mol. The van der Waals surface area contributed by atoms with Crippen molar-refractivity contribution in [1.82, 2.24) is 10.6 Å². The molecule has 100 valence electrons. The molecule has 0 fully saturated rings. The number of aliphatic hydroxyl groups excluding tert-OH is 1. The summed E-state index contributed by atoms with van der Waals surface area (Å²) in [5.74, 6) is 0. The minimum absolute atomic E-state index is 0.0334. The molecule has 6 heteroatoms. The lowest BCUT2D eigenvalue weighted by Gasteiger charge is -2.16. The third-order valence-electron chi connectivity index (χ3n) is 2.21. The molecule has 0 saturated carbocycles. The van der Waals surface area contributed by atoms with Gasteiger partial charge in [0, 0.05) is 28.2 Å². The van der Waals surface area contributed by atoms with E-state index in [1.165, 1.54) is 0 Å². The van der Waals surface area contributed by atoms with Crippen molar-refractivity contribution in [2.45, 2.75) is 26.0 Å². The highest BCUT2D eigenvalue weighted by Crippen LogP contribution is 2.29. The van der Waals surface area contributed by atoms with Gasteiger partial charge < -0.3 is 15.7 Å². The van der Waals surface area contributed by atoms with Crippen molar-refractivity contribution in [2.24, 2.45) is 0 Å². The van der Waals surface area contributed by atoms with E-state index >= 15 is 0 Å². The maximum atomic E-state index is 11.4. The molecule has 0 saturated heterocycles. The number of hydrogen-bond acceptors (Lipinski definition) is 2. The number of aliphatic hydroxyl groups is 1. The average molecular weight is 291 g/mol. The van der Waals surface area contributed by atoms with E-state index in [-0.39, 0.29) is 18.6 Å². The Balaban J connectivity index is 2.61. The quantitative estimate of drug-likeness (QED) is 0.798. The summed E-state index contributed by atoms with van der Waals surface area (Å²) in [6.45, 7) is 3.74. The Labute approximate surface area is 116 Å². The zero-order valence-electron chi connectivity index (χ0n) is 10.2. The van der Waals surface area contributed by atoms with E-state index in [0.29, 0.717) is 15.6 Å². The predicted octanol–water partition coefficient (Wildman–Crippen LogP) is 2.73. The van der Waals surface area contributed by atoms with Gasteiger partial charge in [-0.25, -0.2) is 4.79 Å². The molecule has 0 aromatic heterocycles. The molecule has 0 aliphatic rings. The molecule has 1 unspecified atom stereocenters. The molecule has 0 radical (unpaired) electrons. The van der Waals surface area contributed by atoms with Crippen LogP contribution in [0.15, 0.2) is 18.2 Å². The summed E-state index contributed by atoms with van der Waals surface area (Å²) < 4.78 is 0. The Bertz CT molecular complexity index is 404. The normalized spacial score (nSPS) is 12.3. The fraction of sp³-hybridized carbons (Fsp3) is 0.417. The monoisotopic (exact) mass is 290 g/mol. The Morgan fingerprint density at radius 1 is 1.33 bits per heavy atom. The van der Waals surface area contributed by atoms with Crippen LogP contribution in [0.1, 0.15) is 25.5 Å². The van der Waals surface area contributed by atoms with Crippen molar-refractivity contribution in [3.63, 3.8) is 0 Å². The van der Waals surface area contributed by atoms with Gasteiger partial charge in [0.25, 0.3) is 0 Å². The summed E-state index contributed by atoms with van der Waals surface area (Å²) in [6.07, 6.45) is -0.941. The molecule has 0 bridgehead atoms. The molecular formula is C12H16Cl2N2O2. The second-order valence-corrected chi connectivity index (χ2v) is 4.97. The maximum Gasteiger partial charge on any atom is 0.315 e. The second kappa shape index (κ2) is 6.83. The van der Waals surface area contributed by atoms with Crippen LogP contribution < -0.4 is 10.6 Å². The van der Waals surface area contributed by atoms with Gasteiger partial charge in [-0.15, -0.1) is 0 Å². The van der Waals surface area contributed by atoms with Gasteiger partial charge >= 0.3 is 6.03 Å². The first kappa shape index (κ1) is 15.1. The Hall–Kier alpha value is -0.970. The number of nitrogens with one attached hydrogen (secondary N) is 2. The number of urea groups is 1. The van der Waals surface area contributed by atoms with Crippen LogP contribution in [0.25, 0.3) is 0 Å². The van der Waals surface area contributed by atoms with E-state index in [9.17, 15) is 9.90 Å². The van der Waals surface area contributed by atoms with Crippen LogP contribution in [-0.2, 0) is 0 Å². The number of benzene rings is 1. The van der Waals surface area contributed by atoms with Crippen LogP contribution in [0.5, 0.6) is 0 Å². The Morgan fingerprint density at radius 3 is 2.39 bits per heavy atom. The van der Waals surface area contributed by atoms with Crippen molar-refractivity contribution in [2.75, 3.05) is 6.54 Å². The molecule has 0 aliphatic heterocycles. The Morgan fingerprint density at radius 2 is 1.89 bits per heavy atom. The lowest BCUT2D eigenvalue weighted by atomic mass is 10.1. The van der Waals surface area contributed by atoms with Gasteiger partial charge in [0.15, 0.2) is 0 Å². The molecule has 0 aliphatic carbocycles. The van der Waals surface area contributed by atoms with E-state index in [4.69, 9.17) is 23.2 Å². The molecule has 2 amide bonds. The highest BCUT2D eigenvalue weighted by atomic mass is 35.5. The largest absolute Gasteiger partial charge is 0.386 e. The van der Waals surface area contributed by atoms with Crippen LogP contribution in [0.2, 0.25) is 10.0 Å². The van der Waals surface area contributed by atoms with Crippen molar-refractivity contribution in [1.29, 1.82) is 0 Å². The molecule has 18 heavy (non-hydrogen) atoms. The second-order valence-electron chi connectivity index (χ2n) is 4.16. The number of rotatable bonds is 4. The maximum absolute atomic E-state index is 11.4. The first-order valence-corrected chi connectivity index (χ1v) is 6.33. The summed E-state index contributed by atoms with van der Waals surface area (Å²) in [4.78, 5) is 11.4. The molecule has 1 aromatic carbocycles. The number of carbonyl (C=O) groups excluding carboxylic acids is 1.